The summed E-state index contributed by atoms with van der Waals surface area (Å²) in [4.78, 5) is 0. The van der Waals surface area contributed by atoms with Crippen molar-refractivity contribution < 1.29 is 0 Å². The third kappa shape index (κ3) is 4.14. The molecule has 0 saturated heterocycles. The minimum Gasteiger partial charge on any atom is -0.0623 e. The standard InChI is InChI=1S/C36H28Si/c1-5-17-29(18-6-1)33-25-13-15-27-35(33)37(31-21-9-3-10-22-31,32-23-11-4-12-24-32)36-28-16-14-26-34(36)30-19-7-2-8-20-30/h1-28H. The van der Waals surface area contributed by atoms with Crippen LogP contribution in [0.25, 0.3) is 22.3 Å². The van der Waals surface area contributed by atoms with Gasteiger partial charge in [0, 0.05) is 0 Å². The average molecular weight is 489 g/mol. The molecule has 0 fully saturated rings. The molecule has 0 nitrogen and oxygen atoms in total. The van der Waals surface area contributed by atoms with E-state index < -0.39 is 8.07 Å². The van der Waals surface area contributed by atoms with Gasteiger partial charge in [-0.3, -0.25) is 0 Å². The topological polar surface area (TPSA) is 0 Å². The van der Waals surface area contributed by atoms with Crippen LogP contribution in [0.15, 0.2) is 170 Å². The molecule has 0 aliphatic carbocycles. The molecule has 6 rings (SSSR count). The molecule has 0 aromatic heterocycles. The van der Waals surface area contributed by atoms with Gasteiger partial charge in [0.2, 0.25) is 0 Å². The molecule has 0 atom stereocenters. The van der Waals surface area contributed by atoms with Crippen LogP contribution < -0.4 is 20.7 Å². The van der Waals surface area contributed by atoms with E-state index in [9.17, 15) is 0 Å². The normalized spacial score (nSPS) is 11.2. The number of benzene rings is 6. The monoisotopic (exact) mass is 488 g/mol. The molecule has 0 radical (unpaired) electrons. The van der Waals surface area contributed by atoms with Gasteiger partial charge in [0.15, 0.2) is 8.07 Å². The van der Waals surface area contributed by atoms with Crippen molar-refractivity contribution in [3.63, 3.8) is 0 Å². The van der Waals surface area contributed by atoms with Crippen molar-refractivity contribution in [3.05, 3.63) is 170 Å². The molecule has 6 aromatic rings. The lowest BCUT2D eigenvalue weighted by Gasteiger charge is -2.37. The van der Waals surface area contributed by atoms with Crippen LogP contribution in [0, 0.1) is 0 Å². The predicted molar refractivity (Wildman–Crippen MR) is 161 cm³/mol. The Labute approximate surface area is 220 Å². The van der Waals surface area contributed by atoms with Crippen LogP contribution in [-0.2, 0) is 0 Å². The first kappa shape index (κ1) is 23.0. The molecule has 0 aliphatic heterocycles. The van der Waals surface area contributed by atoms with Crippen molar-refractivity contribution in [3.8, 4) is 22.3 Å². The molecule has 0 amide bonds. The first-order valence-electron chi connectivity index (χ1n) is 12.8. The molecular weight excluding hydrogens is 460 g/mol. The molecular formula is C36H28Si. The molecule has 0 saturated carbocycles. The third-order valence-electron chi connectivity index (χ3n) is 7.25. The van der Waals surface area contributed by atoms with Gasteiger partial charge in [-0.15, -0.1) is 0 Å². The first-order chi connectivity index (χ1) is 18.4. The van der Waals surface area contributed by atoms with Crippen LogP contribution in [0.2, 0.25) is 0 Å². The molecule has 176 valence electrons. The third-order valence-corrected chi connectivity index (χ3v) is 12.1. The summed E-state index contributed by atoms with van der Waals surface area (Å²) in [5.41, 5.74) is 5.09. The summed E-state index contributed by atoms with van der Waals surface area (Å²) in [5.74, 6) is 0. The predicted octanol–water partition coefficient (Wildman–Crippen LogP) is 6.40. The van der Waals surface area contributed by atoms with E-state index in [-0.39, 0.29) is 0 Å². The minimum atomic E-state index is -2.75. The van der Waals surface area contributed by atoms with E-state index in [1.807, 2.05) is 0 Å². The maximum atomic E-state index is 2.37. The fraction of sp³-hybridized carbons (Fsp3) is 0. The smallest absolute Gasteiger partial charge is 0.0623 e. The van der Waals surface area contributed by atoms with E-state index >= 15 is 0 Å². The lowest BCUT2D eigenvalue weighted by Crippen LogP contribution is -2.75. The zero-order valence-electron chi connectivity index (χ0n) is 20.7. The maximum absolute atomic E-state index is 2.75. The van der Waals surface area contributed by atoms with Crippen LogP contribution in [0.3, 0.4) is 0 Å². The van der Waals surface area contributed by atoms with Gasteiger partial charge in [0.05, 0.1) is 0 Å². The summed E-state index contributed by atoms with van der Waals surface area (Å²) in [6.45, 7) is 0. The van der Waals surface area contributed by atoms with Gasteiger partial charge in [-0.2, -0.15) is 0 Å². The highest BCUT2D eigenvalue weighted by atomic mass is 28.3. The van der Waals surface area contributed by atoms with Crippen LogP contribution in [0.5, 0.6) is 0 Å². The number of hydrogen-bond acceptors (Lipinski definition) is 0. The van der Waals surface area contributed by atoms with Gasteiger partial charge in [-0.1, -0.05) is 170 Å². The first-order valence-corrected chi connectivity index (χ1v) is 14.8. The van der Waals surface area contributed by atoms with Crippen molar-refractivity contribution in [2.45, 2.75) is 0 Å². The molecule has 0 spiro atoms. The van der Waals surface area contributed by atoms with E-state index in [4.69, 9.17) is 0 Å². The highest BCUT2D eigenvalue weighted by Crippen LogP contribution is 2.25. The van der Waals surface area contributed by atoms with Gasteiger partial charge >= 0.3 is 0 Å². The van der Waals surface area contributed by atoms with E-state index in [1.54, 1.807) is 0 Å². The van der Waals surface area contributed by atoms with E-state index in [0.29, 0.717) is 0 Å². The van der Waals surface area contributed by atoms with Crippen molar-refractivity contribution in [1.29, 1.82) is 0 Å². The highest BCUT2D eigenvalue weighted by molar-refractivity contribution is 7.20. The highest BCUT2D eigenvalue weighted by Gasteiger charge is 2.44. The van der Waals surface area contributed by atoms with Gasteiger partial charge in [-0.25, -0.2) is 0 Å². The van der Waals surface area contributed by atoms with Crippen molar-refractivity contribution in [1.82, 2.24) is 0 Å². The Morgan fingerprint density at radius 2 is 0.568 bits per heavy atom. The lowest BCUT2D eigenvalue weighted by molar-refractivity contribution is 1.61. The fourth-order valence-electron chi connectivity index (χ4n) is 5.67. The second-order valence-electron chi connectivity index (χ2n) is 9.31. The minimum absolute atomic E-state index is 1.25. The Bertz CT molecular complexity index is 1470. The molecule has 0 heterocycles. The molecule has 0 bridgehead atoms. The van der Waals surface area contributed by atoms with Gasteiger partial charge in [0.25, 0.3) is 0 Å². The van der Waals surface area contributed by atoms with Crippen LogP contribution in [0.4, 0.5) is 0 Å². The van der Waals surface area contributed by atoms with Gasteiger partial charge in [0.1, 0.15) is 0 Å². The van der Waals surface area contributed by atoms with Crippen LogP contribution in [-0.4, -0.2) is 8.07 Å². The SMILES string of the molecule is c1ccc(-c2ccccc2[Si](c2ccccc2)(c2ccccc2)c2ccccc2-c2ccccc2)cc1. The van der Waals surface area contributed by atoms with E-state index in [0.717, 1.165) is 0 Å². The summed E-state index contributed by atoms with van der Waals surface area (Å²) < 4.78 is 0. The molecule has 0 unspecified atom stereocenters. The second kappa shape index (κ2) is 10.3. The summed E-state index contributed by atoms with van der Waals surface area (Å²) in [5, 5.41) is 5.57. The van der Waals surface area contributed by atoms with Crippen molar-refractivity contribution in [2.24, 2.45) is 0 Å². The summed E-state index contributed by atoms with van der Waals surface area (Å²) in [6.07, 6.45) is 0. The largest absolute Gasteiger partial charge is 0.180 e. The fourth-order valence-corrected chi connectivity index (χ4v) is 10.9. The van der Waals surface area contributed by atoms with Crippen molar-refractivity contribution in [2.75, 3.05) is 0 Å². The summed E-state index contributed by atoms with van der Waals surface area (Å²) in [6, 6.07) is 62.1. The van der Waals surface area contributed by atoms with Gasteiger partial charge in [-0.05, 0) is 43.0 Å². The number of hydrogen-bond donors (Lipinski definition) is 0. The number of rotatable bonds is 6. The Morgan fingerprint density at radius 3 is 0.946 bits per heavy atom. The molecule has 0 N–H and O–H groups in total. The second-order valence-corrected chi connectivity index (χ2v) is 13.0. The van der Waals surface area contributed by atoms with Crippen LogP contribution in [0.1, 0.15) is 0 Å². The van der Waals surface area contributed by atoms with Crippen molar-refractivity contribution >= 4 is 28.8 Å². The lowest BCUT2D eigenvalue weighted by atomic mass is 10.1. The van der Waals surface area contributed by atoms with E-state index in [2.05, 4.69) is 170 Å². The average Bonchev–Trinajstić information content (AvgIpc) is 3.00. The maximum Gasteiger partial charge on any atom is 0.180 e. The Morgan fingerprint density at radius 1 is 0.270 bits per heavy atom. The summed E-state index contributed by atoms with van der Waals surface area (Å²) >= 11 is 0. The molecule has 6 aromatic carbocycles. The molecule has 1 heteroatoms. The zero-order chi connectivity index (χ0) is 24.9. The molecule has 37 heavy (non-hydrogen) atoms. The summed E-state index contributed by atoms with van der Waals surface area (Å²) in [7, 11) is -2.75. The Hall–Kier alpha value is -4.46. The Balaban J connectivity index is 1.80. The quantitative estimate of drug-likeness (QED) is 0.188. The van der Waals surface area contributed by atoms with E-state index in [1.165, 1.54) is 43.0 Å². The Kier molecular flexibility index (Phi) is 6.37. The van der Waals surface area contributed by atoms with Crippen LogP contribution >= 0.6 is 0 Å². The molecule has 0 aliphatic rings. The zero-order valence-corrected chi connectivity index (χ0v) is 21.7. The van der Waals surface area contributed by atoms with Gasteiger partial charge < -0.3 is 0 Å².